The number of hydrogen-bond acceptors (Lipinski definition) is 11. The summed E-state index contributed by atoms with van der Waals surface area (Å²) in [6, 6.07) is 3.31. The van der Waals surface area contributed by atoms with Gasteiger partial charge < -0.3 is 33.7 Å². The number of methoxy groups -OCH3 is 1. The lowest BCUT2D eigenvalue weighted by Gasteiger charge is -2.44. The molecule has 192 valence electrons. The van der Waals surface area contributed by atoms with Crippen molar-refractivity contribution in [2.24, 2.45) is 0 Å². The Kier molecular flexibility index (Phi) is 9.58. The highest BCUT2D eigenvalue weighted by molar-refractivity contribution is 5.94. The third kappa shape index (κ3) is 7.67. The summed E-state index contributed by atoms with van der Waals surface area (Å²) in [5, 5.41) is 2.60. The Morgan fingerprint density at radius 2 is 1.51 bits per heavy atom. The lowest BCUT2D eigenvalue weighted by atomic mass is 9.96. The number of amides is 1. The summed E-state index contributed by atoms with van der Waals surface area (Å²) in [6.45, 7) is 5.73. The van der Waals surface area contributed by atoms with Crippen molar-refractivity contribution in [3.05, 3.63) is 23.8 Å². The Morgan fingerprint density at radius 3 is 2.03 bits per heavy atom. The van der Waals surface area contributed by atoms with Crippen molar-refractivity contribution in [1.82, 2.24) is 5.32 Å². The first-order valence-electron chi connectivity index (χ1n) is 10.7. The predicted molar refractivity (Wildman–Crippen MR) is 118 cm³/mol. The quantitative estimate of drug-likeness (QED) is 0.296. The van der Waals surface area contributed by atoms with Crippen molar-refractivity contribution in [2.75, 3.05) is 13.7 Å². The summed E-state index contributed by atoms with van der Waals surface area (Å²) in [4.78, 5) is 58.9. The fourth-order valence-corrected chi connectivity index (χ4v) is 3.50. The molecule has 1 aliphatic heterocycles. The van der Waals surface area contributed by atoms with Gasteiger partial charge >= 0.3 is 17.9 Å². The second kappa shape index (κ2) is 12.2. The number of ketones is 1. The summed E-state index contributed by atoms with van der Waals surface area (Å²) >= 11 is 0. The van der Waals surface area contributed by atoms with E-state index in [0.717, 1.165) is 13.8 Å². The second-order valence-electron chi connectivity index (χ2n) is 7.76. The van der Waals surface area contributed by atoms with Crippen LogP contribution in [-0.4, -0.2) is 74.0 Å². The van der Waals surface area contributed by atoms with Crippen molar-refractivity contribution in [3.63, 3.8) is 0 Å². The molecule has 0 saturated carbocycles. The van der Waals surface area contributed by atoms with Crippen LogP contribution >= 0.6 is 0 Å². The molecule has 0 aliphatic carbocycles. The van der Waals surface area contributed by atoms with Crippen LogP contribution in [0.3, 0.4) is 0 Å². The van der Waals surface area contributed by atoms with Crippen LogP contribution in [-0.2, 0) is 38.1 Å². The van der Waals surface area contributed by atoms with Crippen LogP contribution in [0.2, 0.25) is 0 Å². The van der Waals surface area contributed by atoms with Crippen molar-refractivity contribution < 1.29 is 52.4 Å². The topological polar surface area (TPSA) is 153 Å². The van der Waals surface area contributed by atoms with E-state index in [1.807, 2.05) is 0 Å². The average molecular weight is 495 g/mol. The van der Waals surface area contributed by atoms with Gasteiger partial charge in [0.25, 0.3) is 0 Å². The van der Waals surface area contributed by atoms with Crippen molar-refractivity contribution in [3.8, 4) is 11.5 Å². The second-order valence-corrected chi connectivity index (χ2v) is 7.76. The van der Waals surface area contributed by atoms with Crippen molar-refractivity contribution in [1.29, 1.82) is 0 Å². The molecule has 1 heterocycles. The van der Waals surface area contributed by atoms with E-state index >= 15 is 0 Å². The van der Waals surface area contributed by atoms with Crippen molar-refractivity contribution >= 4 is 29.6 Å². The molecule has 1 N–H and O–H groups in total. The van der Waals surface area contributed by atoms with E-state index < -0.39 is 54.5 Å². The Hall–Kier alpha value is -3.67. The summed E-state index contributed by atoms with van der Waals surface area (Å²) < 4.78 is 33.1. The molecule has 0 spiro atoms. The molecule has 5 atom stereocenters. The fraction of sp³-hybridized carbons (Fsp3) is 0.522. The van der Waals surface area contributed by atoms with E-state index in [-0.39, 0.29) is 23.9 Å². The minimum absolute atomic E-state index is 0.150. The average Bonchev–Trinajstić information content (AvgIpc) is 2.75. The van der Waals surface area contributed by atoms with E-state index in [2.05, 4.69) is 5.32 Å². The molecule has 12 heteroatoms. The first-order valence-corrected chi connectivity index (χ1v) is 10.7. The third-order valence-electron chi connectivity index (χ3n) is 4.88. The van der Waals surface area contributed by atoms with Crippen LogP contribution < -0.4 is 14.8 Å². The highest BCUT2D eigenvalue weighted by atomic mass is 16.7. The van der Waals surface area contributed by atoms with Crippen LogP contribution in [0.4, 0.5) is 0 Å². The zero-order valence-electron chi connectivity index (χ0n) is 20.3. The van der Waals surface area contributed by atoms with Crippen LogP contribution in [0.5, 0.6) is 11.5 Å². The molecule has 0 aromatic heterocycles. The van der Waals surface area contributed by atoms with Gasteiger partial charge in [0.2, 0.25) is 12.2 Å². The molecular formula is C23H29NO11. The molecule has 1 saturated heterocycles. The number of carbonyl (C=O) groups excluding carboxylic acids is 5. The van der Waals surface area contributed by atoms with Crippen molar-refractivity contribution in [2.45, 2.75) is 65.3 Å². The number of esters is 3. The van der Waals surface area contributed by atoms with Crippen LogP contribution in [0.25, 0.3) is 0 Å². The van der Waals surface area contributed by atoms with Gasteiger partial charge in [-0.05, 0) is 25.1 Å². The largest absolute Gasteiger partial charge is 0.493 e. The van der Waals surface area contributed by atoms with Gasteiger partial charge in [-0.1, -0.05) is 0 Å². The van der Waals surface area contributed by atoms with E-state index in [0.29, 0.717) is 5.56 Å². The maximum atomic E-state index is 12.0. The number of hydrogen-bond donors (Lipinski definition) is 1. The van der Waals surface area contributed by atoms with Crippen LogP contribution in [0.15, 0.2) is 18.2 Å². The monoisotopic (exact) mass is 495 g/mol. The van der Waals surface area contributed by atoms with E-state index in [1.165, 1.54) is 46.1 Å². The smallest absolute Gasteiger partial charge is 0.303 e. The highest BCUT2D eigenvalue weighted by Gasteiger charge is 2.52. The SMILES string of the molecule is COc1cc(C(C)=O)ccc1O[C@H]1O[C@@H](COC(C)=O)[C@H](OC(C)=O)[C@@H](OC(C)=O)[C@@H]1NC(C)=O. The molecule has 1 fully saturated rings. The summed E-state index contributed by atoms with van der Waals surface area (Å²) in [7, 11) is 1.38. The minimum atomic E-state index is -1.31. The molecular weight excluding hydrogens is 466 g/mol. The summed E-state index contributed by atoms with van der Waals surface area (Å²) in [6.07, 6.45) is -4.94. The molecule has 12 nitrogen and oxygen atoms in total. The van der Waals surface area contributed by atoms with Gasteiger partial charge in [0.1, 0.15) is 18.8 Å². The van der Waals surface area contributed by atoms with Gasteiger partial charge in [-0.15, -0.1) is 0 Å². The number of carbonyl (C=O) groups is 5. The maximum absolute atomic E-state index is 12.0. The van der Waals surface area contributed by atoms with Gasteiger partial charge in [-0.3, -0.25) is 24.0 Å². The maximum Gasteiger partial charge on any atom is 0.303 e. The van der Waals surface area contributed by atoms with Gasteiger partial charge in [-0.2, -0.15) is 0 Å². The standard InChI is InChI=1S/C23H29NO11/c1-11(25)16-7-8-17(18(9-16)30-6)34-23-20(24-12(2)26)22(33-15(5)29)21(32-14(4)28)19(35-23)10-31-13(3)27/h7-9,19-23H,10H2,1-6H3,(H,24,26)/t19-,20-,21-,22-,23-/m0/s1. The number of Topliss-reactive ketones (excluding diaryl/α,β-unsaturated/α-hetero) is 1. The Labute approximate surface area is 202 Å². The predicted octanol–water partition coefficient (Wildman–Crippen LogP) is 0.933. The Morgan fingerprint density at radius 1 is 0.886 bits per heavy atom. The summed E-state index contributed by atoms with van der Waals surface area (Å²) in [5.41, 5.74) is 0.373. The fourth-order valence-electron chi connectivity index (χ4n) is 3.50. The first kappa shape index (κ1) is 27.6. The molecule has 1 aromatic rings. The summed E-state index contributed by atoms with van der Waals surface area (Å²) in [5.74, 6) is -2.42. The normalized spacial score (nSPS) is 23.4. The highest BCUT2D eigenvalue weighted by Crippen LogP contribution is 2.33. The molecule has 1 amide bonds. The number of nitrogens with one attached hydrogen (secondary N) is 1. The lowest BCUT2D eigenvalue weighted by Crippen LogP contribution is -2.67. The number of benzene rings is 1. The van der Waals surface area contributed by atoms with E-state index in [9.17, 15) is 24.0 Å². The molecule has 0 radical (unpaired) electrons. The third-order valence-corrected chi connectivity index (χ3v) is 4.88. The molecule has 35 heavy (non-hydrogen) atoms. The van der Waals surface area contributed by atoms with E-state index in [1.54, 1.807) is 0 Å². The van der Waals surface area contributed by atoms with Gasteiger partial charge in [0, 0.05) is 33.3 Å². The van der Waals surface area contributed by atoms with E-state index in [4.69, 9.17) is 28.4 Å². The molecule has 2 rings (SSSR count). The van der Waals surface area contributed by atoms with Gasteiger partial charge in [-0.25, -0.2) is 0 Å². The van der Waals surface area contributed by atoms with Crippen LogP contribution in [0.1, 0.15) is 45.0 Å². The van der Waals surface area contributed by atoms with Gasteiger partial charge in [0.15, 0.2) is 29.5 Å². The van der Waals surface area contributed by atoms with Gasteiger partial charge in [0.05, 0.1) is 7.11 Å². The Balaban J connectivity index is 2.52. The lowest BCUT2D eigenvalue weighted by molar-refractivity contribution is -0.257. The number of ether oxygens (including phenoxy) is 6. The zero-order valence-corrected chi connectivity index (χ0v) is 20.3. The molecule has 1 aromatic carbocycles. The molecule has 0 unspecified atom stereocenters. The minimum Gasteiger partial charge on any atom is -0.493 e. The molecule has 1 aliphatic rings. The zero-order chi connectivity index (χ0) is 26.3. The molecule has 0 bridgehead atoms. The number of rotatable bonds is 9. The Bertz CT molecular complexity index is 976. The first-order chi connectivity index (χ1) is 16.4. The van der Waals surface area contributed by atoms with Crippen LogP contribution in [0, 0.1) is 0 Å².